The Kier molecular flexibility index (Phi) is 5.66. The van der Waals surface area contributed by atoms with Crippen LogP contribution in [-0.4, -0.2) is 41.1 Å². The van der Waals surface area contributed by atoms with Gasteiger partial charge in [0.05, 0.1) is 25.5 Å². The van der Waals surface area contributed by atoms with Crippen molar-refractivity contribution in [2.75, 3.05) is 20.8 Å². The summed E-state index contributed by atoms with van der Waals surface area (Å²) in [5.74, 6) is -1.10. The molecule has 0 atom stereocenters. The second-order valence-corrected chi connectivity index (χ2v) is 5.56. The molecule has 7 nitrogen and oxygen atoms in total. The summed E-state index contributed by atoms with van der Waals surface area (Å²) in [4.78, 5) is 22.0. The Hall–Kier alpha value is -1.93. The Morgan fingerprint density at radius 3 is 2.10 bits per heavy atom. The van der Waals surface area contributed by atoms with Crippen LogP contribution in [0, 0.1) is 0 Å². The summed E-state index contributed by atoms with van der Waals surface area (Å²) in [5, 5.41) is 0. The Morgan fingerprint density at radius 1 is 1.05 bits per heavy atom. The van der Waals surface area contributed by atoms with Gasteiger partial charge in [0.1, 0.15) is 6.54 Å². The predicted octanol–water partition coefficient (Wildman–Crippen LogP) is -0.147. The van der Waals surface area contributed by atoms with Crippen LogP contribution in [-0.2, 0) is 35.5 Å². The summed E-state index contributed by atoms with van der Waals surface area (Å²) in [6.45, 7) is -0.442. The van der Waals surface area contributed by atoms with Crippen molar-refractivity contribution in [3.8, 4) is 0 Å². The van der Waals surface area contributed by atoms with Crippen LogP contribution in [0.4, 0.5) is 0 Å². The smallest absolute Gasteiger partial charge is 0.320 e. The van der Waals surface area contributed by atoms with Crippen LogP contribution in [0.3, 0.4) is 0 Å². The molecular weight excluding hydrogens is 286 g/mol. The van der Waals surface area contributed by atoms with Crippen molar-refractivity contribution in [1.82, 2.24) is 4.72 Å². The lowest BCUT2D eigenvalue weighted by Crippen LogP contribution is -2.30. The zero-order chi connectivity index (χ0) is 15.2. The van der Waals surface area contributed by atoms with Gasteiger partial charge in [0, 0.05) is 0 Å². The molecule has 0 spiro atoms. The quantitative estimate of drug-likeness (QED) is 0.734. The molecule has 20 heavy (non-hydrogen) atoms. The molecule has 0 saturated carbocycles. The van der Waals surface area contributed by atoms with Crippen molar-refractivity contribution in [2.45, 2.75) is 11.3 Å². The van der Waals surface area contributed by atoms with Gasteiger partial charge in [-0.3, -0.25) is 9.59 Å². The maximum Gasteiger partial charge on any atom is 0.320 e. The van der Waals surface area contributed by atoms with Crippen molar-refractivity contribution in [2.24, 2.45) is 0 Å². The van der Waals surface area contributed by atoms with Crippen LogP contribution in [0.15, 0.2) is 29.2 Å². The summed E-state index contributed by atoms with van der Waals surface area (Å²) < 4.78 is 34.6. The fraction of sp³-hybridized carbons (Fsp3) is 0.333. The standard InChI is InChI=1S/C12H15NO6S/c1-18-11(14)7-9-3-5-10(6-4-9)20(16,17)13-8-12(15)19-2/h3-6,13H,7-8H2,1-2H3. The topological polar surface area (TPSA) is 98.8 Å². The molecule has 1 rings (SSSR count). The van der Waals surface area contributed by atoms with Gasteiger partial charge in [-0.25, -0.2) is 8.42 Å². The van der Waals surface area contributed by atoms with E-state index in [1.807, 2.05) is 0 Å². The lowest BCUT2D eigenvalue weighted by molar-refractivity contribution is -0.140. The molecule has 1 aromatic carbocycles. The van der Waals surface area contributed by atoms with E-state index in [1.165, 1.54) is 31.4 Å². The zero-order valence-electron chi connectivity index (χ0n) is 11.1. The first kappa shape index (κ1) is 16.1. The molecular formula is C12H15NO6S. The van der Waals surface area contributed by atoms with Crippen LogP contribution in [0.25, 0.3) is 0 Å². The third-order valence-corrected chi connectivity index (χ3v) is 3.86. The van der Waals surface area contributed by atoms with E-state index in [-0.39, 0.29) is 11.3 Å². The van der Waals surface area contributed by atoms with Crippen LogP contribution >= 0.6 is 0 Å². The highest BCUT2D eigenvalue weighted by Gasteiger charge is 2.15. The molecule has 0 saturated heterocycles. The molecule has 0 aliphatic rings. The third-order valence-electron chi connectivity index (χ3n) is 2.44. The number of carbonyl (C=O) groups is 2. The maximum absolute atomic E-state index is 11.8. The fourth-order valence-corrected chi connectivity index (χ4v) is 2.30. The van der Waals surface area contributed by atoms with Crippen molar-refractivity contribution in [1.29, 1.82) is 0 Å². The van der Waals surface area contributed by atoms with E-state index in [9.17, 15) is 18.0 Å². The number of ether oxygens (including phenoxy) is 2. The number of esters is 2. The van der Waals surface area contributed by atoms with Crippen LogP contribution < -0.4 is 4.72 Å². The molecule has 0 aliphatic carbocycles. The molecule has 0 radical (unpaired) electrons. The van der Waals surface area contributed by atoms with Gasteiger partial charge in [0.2, 0.25) is 10.0 Å². The third kappa shape index (κ3) is 4.63. The Balaban J connectivity index is 2.76. The summed E-state index contributed by atoms with van der Waals surface area (Å²) in [6.07, 6.45) is 0.0619. The molecule has 0 heterocycles. The van der Waals surface area contributed by atoms with E-state index in [0.717, 1.165) is 7.11 Å². The SMILES string of the molecule is COC(=O)CNS(=O)(=O)c1ccc(CC(=O)OC)cc1. The van der Waals surface area contributed by atoms with Crippen molar-refractivity contribution in [3.63, 3.8) is 0 Å². The molecule has 110 valence electrons. The molecule has 8 heteroatoms. The van der Waals surface area contributed by atoms with Gasteiger partial charge >= 0.3 is 11.9 Å². The van der Waals surface area contributed by atoms with E-state index in [0.29, 0.717) is 5.56 Å². The van der Waals surface area contributed by atoms with Gasteiger partial charge in [0.25, 0.3) is 0 Å². The summed E-state index contributed by atoms with van der Waals surface area (Å²) in [6, 6.07) is 5.70. The Bertz CT molecular complexity index is 578. The predicted molar refractivity (Wildman–Crippen MR) is 69.4 cm³/mol. The highest BCUT2D eigenvalue weighted by atomic mass is 32.2. The van der Waals surface area contributed by atoms with E-state index in [4.69, 9.17) is 0 Å². The van der Waals surface area contributed by atoms with Gasteiger partial charge < -0.3 is 9.47 Å². The van der Waals surface area contributed by atoms with Gasteiger partial charge in [-0.15, -0.1) is 0 Å². The minimum atomic E-state index is -3.78. The Labute approximate surface area is 116 Å². The monoisotopic (exact) mass is 301 g/mol. The summed E-state index contributed by atoms with van der Waals surface area (Å²) in [7, 11) is -1.34. The number of carbonyl (C=O) groups excluding carboxylic acids is 2. The number of sulfonamides is 1. The average molecular weight is 301 g/mol. The molecule has 0 fully saturated rings. The second kappa shape index (κ2) is 7.01. The molecule has 0 aromatic heterocycles. The van der Waals surface area contributed by atoms with E-state index in [2.05, 4.69) is 14.2 Å². The number of benzene rings is 1. The molecule has 1 aromatic rings. The van der Waals surface area contributed by atoms with E-state index >= 15 is 0 Å². The first-order valence-corrected chi connectivity index (χ1v) is 7.09. The lowest BCUT2D eigenvalue weighted by atomic mass is 10.2. The van der Waals surface area contributed by atoms with Crippen molar-refractivity contribution < 1.29 is 27.5 Å². The van der Waals surface area contributed by atoms with Crippen LogP contribution in [0.1, 0.15) is 5.56 Å². The average Bonchev–Trinajstić information content (AvgIpc) is 2.45. The fourth-order valence-electron chi connectivity index (χ4n) is 1.33. The van der Waals surface area contributed by atoms with Gasteiger partial charge in [-0.1, -0.05) is 12.1 Å². The molecule has 1 N–H and O–H groups in total. The number of methoxy groups -OCH3 is 2. The van der Waals surface area contributed by atoms with Crippen molar-refractivity contribution >= 4 is 22.0 Å². The maximum atomic E-state index is 11.8. The summed E-state index contributed by atoms with van der Waals surface area (Å²) >= 11 is 0. The first-order valence-electron chi connectivity index (χ1n) is 5.61. The molecule has 0 amide bonds. The minimum absolute atomic E-state index is 0.00461. The van der Waals surface area contributed by atoms with Gasteiger partial charge in [0.15, 0.2) is 0 Å². The van der Waals surface area contributed by atoms with E-state index < -0.39 is 28.5 Å². The van der Waals surface area contributed by atoms with E-state index in [1.54, 1.807) is 0 Å². The van der Waals surface area contributed by atoms with Crippen LogP contribution in [0.5, 0.6) is 0 Å². The largest absolute Gasteiger partial charge is 0.469 e. The number of nitrogens with one attached hydrogen (secondary N) is 1. The minimum Gasteiger partial charge on any atom is -0.469 e. The Morgan fingerprint density at radius 2 is 1.60 bits per heavy atom. The molecule has 0 aliphatic heterocycles. The van der Waals surface area contributed by atoms with Crippen LogP contribution in [0.2, 0.25) is 0 Å². The van der Waals surface area contributed by atoms with Gasteiger partial charge in [-0.2, -0.15) is 4.72 Å². The summed E-state index contributed by atoms with van der Waals surface area (Å²) in [5.41, 5.74) is 0.628. The first-order chi connectivity index (χ1) is 9.39. The molecule has 0 bridgehead atoms. The highest BCUT2D eigenvalue weighted by Crippen LogP contribution is 2.11. The number of hydrogen-bond acceptors (Lipinski definition) is 6. The number of hydrogen-bond donors (Lipinski definition) is 1. The lowest BCUT2D eigenvalue weighted by Gasteiger charge is -2.06. The second-order valence-electron chi connectivity index (χ2n) is 3.80. The van der Waals surface area contributed by atoms with Crippen molar-refractivity contribution in [3.05, 3.63) is 29.8 Å². The van der Waals surface area contributed by atoms with Gasteiger partial charge in [-0.05, 0) is 17.7 Å². The highest BCUT2D eigenvalue weighted by molar-refractivity contribution is 7.89. The normalized spacial score (nSPS) is 10.9. The molecule has 0 unspecified atom stereocenters. The number of rotatable bonds is 6. The zero-order valence-corrected chi connectivity index (χ0v) is 11.9.